The summed E-state index contributed by atoms with van der Waals surface area (Å²) in [6, 6.07) is 0. The second-order valence-electron chi connectivity index (χ2n) is 0.101. The van der Waals surface area contributed by atoms with Crippen molar-refractivity contribution in [2.75, 3.05) is 0 Å². The topological polar surface area (TPSA) is 0 Å². The largest absolute Gasteiger partial charge is 0 e. The van der Waals surface area contributed by atoms with Crippen LogP contribution in [0, 0.1) is 0 Å². The molecule has 0 unspecified atom stereocenters. The average Bonchev–Trinajstić information content (AvgIpc) is 0.918. The van der Waals surface area contributed by atoms with Gasteiger partial charge in [0, 0.05) is 29.6 Å². The molecule has 0 aromatic carbocycles. The third-order valence-electron chi connectivity index (χ3n) is 0. The minimum atomic E-state index is -1.14. The molecule has 4 heavy (non-hydrogen) atoms. The van der Waals surface area contributed by atoms with E-state index in [4.69, 9.17) is 16.5 Å². The van der Waals surface area contributed by atoms with Crippen LogP contribution < -0.4 is 0 Å². The number of halogens is 2. The summed E-state index contributed by atoms with van der Waals surface area (Å²) in [5.41, 5.74) is 0. The summed E-state index contributed by atoms with van der Waals surface area (Å²) in [6.45, 7) is 0. The molecule has 0 aromatic rings. The summed E-state index contributed by atoms with van der Waals surface area (Å²) in [5.74, 6) is 0. The third kappa shape index (κ3) is 8.82. The third-order valence-corrected chi connectivity index (χ3v) is 0. The molecule has 0 aromatic heterocycles. The van der Waals surface area contributed by atoms with Gasteiger partial charge in [0.05, 0.1) is 0 Å². The van der Waals surface area contributed by atoms with E-state index < -0.39 is 22.1 Å². The van der Waals surface area contributed by atoms with Gasteiger partial charge in [0.1, 0.15) is 0 Å². The van der Waals surface area contributed by atoms with Crippen molar-refractivity contribution in [2.45, 2.75) is 0 Å². The Morgan fingerprint density at radius 1 is 1.25 bits per heavy atom. The molecule has 0 aliphatic rings. The summed E-state index contributed by atoms with van der Waals surface area (Å²) in [5, 5.41) is 0. The van der Waals surface area contributed by atoms with Crippen LogP contribution in [-0.2, 0) is 22.1 Å². The second-order valence-corrected chi connectivity index (χ2v) is 7.98. The van der Waals surface area contributed by atoms with Crippen LogP contribution in [0.25, 0.3) is 0 Å². The number of hydrogen-bond acceptors (Lipinski definition) is 0. The molecule has 4 heteroatoms. The van der Waals surface area contributed by atoms with Crippen LogP contribution in [-0.4, -0.2) is 29.6 Å². The zero-order valence-corrected chi connectivity index (χ0v) is 11.5. The minimum Gasteiger partial charge on any atom is 0 e. The van der Waals surface area contributed by atoms with Crippen molar-refractivity contribution in [1.29, 1.82) is 0 Å². The Bertz CT molecular complexity index is 6.00. The Kier molecular flexibility index (Phi) is 22.1. The van der Waals surface area contributed by atoms with Gasteiger partial charge in [0.25, 0.3) is 0 Å². The summed E-state index contributed by atoms with van der Waals surface area (Å²) in [7, 11) is 9.97. The first-order valence-electron chi connectivity index (χ1n) is 0.535. The van der Waals surface area contributed by atoms with Gasteiger partial charge in [-0.15, -0.1) is 0 Å². The van der Waals surface area contributed by atoms with E-state index in [0.717, 1.165) is 0 Å². The van der Waals surface area contributed by atoms with E-state index in [-0.39, 0.29) is 29.6 Å². The van der Waals surface area contributed by atoms with Crippen LogP contribution in [0.2, 0.25) is 0 Å². The van der Waals surface area contributed by atoms with Gasteiger partial charge in [-0.25, -0.2) is 0 Å². The summed E-state index contributed by atoms with van der Waals surface area (Å²) in [6.07, 6.45) is 0. The van der Waals surface area contributed by atoms with Crippen LogP contribution in [0.5, 0.6) is 0 Å². The first kappa shape index (κ1) is 9.72. The molecule has 0 rings (SSSR count). The molecule has 0 aliphatic heterocycles. The smallest absolute Gasteiger partial charge is 0 e. The molecule has 0 aliphatic carbocycles. The van der Waals surface area contributed by atoms with E-state index in [2.05, 4.69) is 0 Å². The monoisotopic (exact) mass is 295 g/mol. The Hall–Kier alpha value is 2.52. The van der Waals surface area contributed by atoms with Crippen LogP contribution in [0.3, 0.4) is 0 Å². The molecule has 0 saturated heterocycles. The van der Waals surface area contributed by atoms with Gasteiger partial charge in [-0.2, -0.15) is 0 Å². The van der Waals surface area contributed by atoms with E-state index in [9.17, 15) is 0 Å². The molecule has 1 radical (unpaired) electrons. The minimum absolute atomic E-state index is 0. The van der Waals surface area contributed by atoms with Crippen molar-refractivity contribution in [3.05, 3.63) is 0 Å². The van der Waals surface area contributed by atoms with Gasteiger partial charge >= 0.3 is 38.6 Å². The van der Waals surface area contributed by atoms with E-state index in [1.807, 2.05) is 0 Å². The van der Waals surface area contributed by atoms with Crippen LogP contribution >= 0.6 is 16.5 Å². The fourth-order valence-corrected chi connectivity index (χ4v) is 0. The summed E-state index contributed by atoms with van der Waals surface area (Å²) < 4.78 is 0. The maximum Gasteiger partial charge on any atom is 0 e. The Balaban J connectivity index is 0. The number of hydrogen-bond donors (Lipinski definition) is 0. The SMILES string of the molecule is [Cl][Hg][Cl].[Na]. The fourth-order valence-electron chi connectivity index (χ4n) is 0. The van der Waals surface area contributed by atoms with Crippen molar-refractivity contribution < 1.29 is 22.1 Å². The zero-order valence-electron chi connectivity index (χ0n) is 2.46. The molecule has 0 heterocycles. The van der Waals surface area contributed by atoms with Crippen LogP contribution in [0.1, 0.15) is 0 Å². The van der Waals surface area contributed by atoms with Gasteiger partial charge in [0.2, 0.25) is 0 Å². The molecule has 0 bridgehead atoms. The van der Waals surface area contributed by atoms with Crippen molar-refractivity contribution in [1.82, 2.24) is 0 Å². The standard InChI is InChI=1S/2ClH.Hg.Na/h2*1H;;/q;;+2;/p-2. The second kappa shape index (κ2) is 9.10. The maximum atomic E-state index is 4.99. The molecule has 0 saturated carbocycles. The van der Waals surface area contributed by atoms with E-state index in [0.29, 0.717) is 0 Å². The van der Waals surface area contributed by atoms with Gasteiger partial charge < -0.3 is 0 Å². The molecular formula is Cl2HgNa. The first-order chi connectivity index (χ1) is 1.41. The molecule has 0 spiro atoms. The summed E-state index contributed by atoms with van der Waals surface area (Å²) in [4.78, 5) is 0. The van der Waals surface area contributed by atoms with Crippen molar-refractivity contribution in [3.63, 3.8) is 0 Å². The number of rotatable bonds is 0. The molecule has 0 amide bonds. The van der Waals surface area contributed by atoms with E-state index in [1.165, 1.54) is 0 Å². The van der Waals surface area contributed by atoms with Gasteiger partial charge in [-0.05, 0) is 0 Å². The summed E-state index contributed by atoms with van der Waals surface area (Å²) >= 11 is -1.14. The van der Waals surface area contributed by atoms with Gasteiger partial charge in [-0.1, -0.05) is 0 Å². The van der Waals surface area contributed by atoms with E-state index >= 15 is 0 Å². The molecule has 0 fully saturated rings. The van der Waals surface area contributed by atoms with Gasteiger partial charge in [0.15, 0.2) is 0 Å². The average molecular weight is 294 g/mol. The van der Waals surface area contributed by atoms with Crippen molar-refractivity contribution in [2.24, 2.45) is 0 Å². The van der Waals surface area contributed by atoms with Crippen molar-refractivity contribution >= 4 is 46.1 Å². The van der Waals surface area contributed by atoms with Crippen LogP contribution in [0.15, 0.2) is 0 Å². The quantitative estimate of drug-likeness (QED) is 0.585. The Morgan fingerprint density at radius 2 is 1.25 bits per heavy atom. The van der Waals surface area contributed by atoms with E-state index in [1.54, 1.807) is 0 Å². The zero-order chi connectivity index (χ0) is 2.71. The normalized spacial score (nSPS) is 2.50. The Labute approximate surface area is 66.8 Å². The Morgan fingerprint density at radius 3 is 1.25 bits per heavy atom. The maximum absolute atomic E-state index is 4.99. The molecule has 0 N–H and O–H groups in total. The van der Waals surface area contributed by atoms with Gasteiger partial charge in [-0.3, -0.25) is 0 Å². The van der Waals surface area contributed by atoms with Crippen LogP contribution in [0.4, 0.5) is 0 Å². The predicted molar refractivity (Wildman–Crippen MR) is 17.5 cm³/mol. The molecule has 0 nitrogen and oxygen atoms in total. The molecule has 0 atom stereocenters. The predicted octanol–water partition coefficient (Wildman–Crippen LogP) is 0.996. The molecular weight excluding hydrogens is 294 g/mol. The molecule has 17 valence electrons. The van der Waals surface area contributed by atoms with Crippen molar-refractivity contribution in [3.8, 4) is 0 Å². The fraction of sp³-hybridized carbons (Fsp3) is 0. The first-order valence-corrected chi connectivity index (χ1v) is 14.1.